The number of allylic oxidation sites excluding steroid dienone is 1. The molecule has 66 valence electrons. The number of benzene rings is 1. The molecule has 0 aromatic heterocycles. The molecule has 1 aromatic carbocycles. The molecule has 0 fully saturated rings. The molecule has 0 unspecified atom stereocenters. The first-order valence-electron chi connectivity index (χ1n) is 4.09. The first-order valence-corrected chi connectivity index (χ1v) is 4.09. The summed E-state index contributed by atoms with van der Waals surface area (Å²) in [4.78, 5) is 0. The number of hydrazone groups is 1. The summed E-state index contributed by atoms with van der Waals surface area (Å²) in [5.41, 5.74) is 5.79. The van der Waals surface area contributed by atoms with Crippen molar-refractivity contribution < 1.29 is 5.11 Å². The average Bonchev–Trinajstić information content (AvgIpc) is 2.41. The van der Waals surface area contributed by atoms with Crippen molar-refractivity contribution in [3.63, 3.8) is 0 Å². The lowest BCUT2D eigenvalue weighted by molar-refractivity contribution is 0.282. The fourth-order valence-corrected chi connectivity index (χ4v) is 1.24. The van der Waals surface area contributed by atoms with Gasteiger partial charge in [0.1, 0.15) is 0 Å². The highest BCUT2D eigenvalue weighted by molar-refractivity contribution is 5.84. The van der Waals surface area contributed by atoms with Gasteiger partial charge in [0.15, 0.2) is 0 Å². The molecular formula is C10H10N2O. The van der Waals surface area contributed by atoms with Gasteiger partial charge in [0, 0.05) is 6.21 Å². The van der Waals surface area contributed by atoms with Crippen LogP contribution < -0.4 is 5.43 Å². The average molecular weight is 174 g/mol. The van der Waals surface area contributed by atoms with E-state index in [0.29, 0.717) is 0 Å². The van der Waals surface area contributed by atoms with Crippen LogP contribution in [0.1, 0.15) is 11.1 Å². The Morgan fingerprint density at radius 2 is 2.31 bits per heavy atom. The Labute approximate surface area is 76.4 Å². The van der Waals surface area contributed by atoms with Gasteiger partial charge in [0.05, 0.1) is 12.3 Å². The Kier molecular flexibility index (Phi) is 2.10. The van der Waals surface area contributed by atoms with Crippen molar-refractivity contribution in [3.05, 3.63) is 35.4 Å². The number of fused-ring (bicyclic) bond motifs is 1. The predicted octanol–water partition coefficient (Wildman–Crippen LogP) is 1.60. The van der Waals surface area contributed by atoms with E-state index in [1.807, 2.05) is 30.4 Å². The van der Waals surface area contributed by atoms with Crippen LogP contribution in [0.2, 0.25) is 0 Å². The summed E-state index contributed by atoms with van der Waals surface area (Å²) in [5, 5.41) is 12.9. The number of hydrogen-bond acceptors (Lipinski definition) is 3. The Morgan fingerprint density at radius 3 is 3.15 bits per heavy atom. The quantitative estimate of drug-likeness (QED) is 0.679. The van der Waals surface area contributed by atoms with Gasteiger partial charge in [-0.05, 0) is 23.3 Å². The lowest BCUT2D eigenvalue weighted by Crippen LogP contribution is -1.92. The van der Waals surface area contributed by atoms with Crippen molar-refractivity contribution in [1.82, 2.24) is 0 Å². The maximum absolute atomic E-state index is 8.93. The molecule has 0 saturated heterocycles. The second kappa shape index (κ2) is 3.41. The third kappa shape index (κ3) is 1.60. The van der Waals surface area contributed by atoms with E-state index in [4.69, 9.17) is 5.11 Å². The second-order valence-corrected chi connectivity index (χ2v) is 2.83. The van der Waals surface area contributed by atoms with Crippen LogP contribution in [0.5, 0.6) is 0 Å². The normalized spacial score (nSPS) is 13.3. The zero-order valence-corrected chi connectivity index (χ0v) is 7.07. The molecule has 0 amide bonds. The molecule has 1 aliphatic rings. The largest absolute Gasteiger partial charge is 0.392 e. The van der Waals surface area contributed by atoms with E-state index < -0.39 is 0 Å². The van der Waals surface area contributed by atoms with Crippen molar-refractivity contribution in [2.75, 3.05) is 5.43 Å². The molecule has 2 rings (SSSR count). The summed E-state index contributed by atoms with van der Waals surface area (Å²) < 4.78 is 0. The molecule has 3 nitrogen and oxygen atoms in total. The van der Waals surface area contributed by atoms with Gasteiger partial charge in [-0.25, -0.2) is 0 Å². The van der Waals surface area contributed by atoms with E-state index in [0.717, 1.165) is 16.8 Å². The van der Waals surface area contributed by atoms with E-state index in [1.54, 1.807) is 6.21 Å². The lowest BCUT2D eigenvalue weighted by Gasteiger charge is -2.05. The molecule has 1 aliphatic heterocycles. The second-order valence-electron chi connectivity index (χ2n) is 2.83. The summed E-state index contributed by atoms with van der Waals surface area (Å²) >= 11 is 0. The Hall–Kier alpha value is -1.61. The summed E-state index contributed by atoms with van der Waals surface area (Å²) in [7, 11) is 0. The Bertz CT molecular complexity index is 369. The van der Waals surface area contributed by atoms with Crippen LogP contribution >= 0.6 is 0 Å². The van der Waals surface area contributed by atoms with Crippen molar-refractivity contribution in [2.45, 2.75) is 6.61 Å². The van der Waals surface area contributed by atoms with Crippen LogP contribution in [-0.4, -0.2) is 11.3 Å². The number of nitrogens with one attached hydrogen (secondary N) is 1. The first-order chi connectivity index (χ1) is 6.40. The summed E-state index contributed by atoms with van der Waals surface area (Å²) in [6.45, 7) is 0.0579. The molecule has 13 heavy (non-hydrogen) atoms. The smallest absolute Gasteiger partial charge is 0.0682 e. The standard InChI is InChI=1S/C10H10N2O/c13-7-8-3-4-9-2-1-5-11-12-10(9)6-8/h1-6,12-13H,7H2. The van der Waals surface area contributed by atoms with Gasteiger partial charge in [0.2, 0.25) is 0 Å². The van der Waals surface area contributed by atoms with E-state index in [9.17, 15) is 0 Å². The first kappa shape index (κ1) is 8.01. The zero-order chi connectivity index (χ0) is 9.10. The lowest BCUT2D eigenvalue weighted by atomic mass is 10.1. The molecule has 0 aliphatic carbocycles. The van der Waals surface area contributed by atoms with Crippen molar-refractivity contribution in [2.24, 2.45) is 5.10 Å². The summed E-state index contributed by atoms with van der Waals surface area (Å²) in [6, 6.07) is 5.75. The highest BCUT2D eigenvalue weighted by Gasteiger charge is 2.01. The van der Waals surface area contributed by atoms with Gasteiger partial charge >= 0.3 is 0 Å². The zero-order valence-electron chi connectivity index (χ0n) is 7.07. The molecule has 0 bridgehead atoms. The summed E-state index contributed by atoms with van der Waals surface area (Å²) in [6.07, 6.45) is 5.54. The molecule has 0 saturated carbocycles. The molecule has 1 aromatic rings. The van der Waals surface area contributed by atoms with Crippen molar-refractivity contribution in [1.29, 1.82) is 0 Å². The van der Waals surface area contributed by atoms with E-state index in [2.05, 4.69) is 10.5 Å². The topological polar surface area (TPSA) is 44.6 Å². The highest BCUT2D eigenvalue weighted by Crippen LogP contribution is 2.20. The monoisotopic (exact) mass is 174 g/mol. The number of aliphatic hydroxyl groups is 1. The van der Waals surface area contributed by atoms with Crippen LogP contribution in [0, 0.1) is 0 Å². The molecule has 0 radical (unpaired) electrons. The third-order valence-electron chi connectivity index (χ3n) is 1.92. The fourth-order valence-electron chi connectivity index (χ4n) is 1.24. The van der Waals surface area contributed by atoms with Crippen LogP contribution in [0.15, 0.2) is 29.4 Å². The minimum atomic E-state index is 0.0579. The molecule has 0 atom stereocenters. The van der Waals surface area contributed by atoms with Crippen molar-refractivity contribution >= 4 is 18.0 Å². The highest BCUT2D eigenvalue weighted by atomic mass is 16.3. The number of hydrogen-bond donors (Lipinski definition) is 2. The van der Waals surface area contributed by atoms with Gasteiger partial charge in [-0.2, -0.15) is 5.10 Å². The molecule has 0 spiro atoms. The Morgan fingerprint density at radius 1 is 1.38 bits per heavy atom. The van der Waals surface area contributed by atoms with Crippen LogP contribution in [-0.2, 0) is 6.61 Å². The minimum Gasteiger partial charge on any atom is -0.392 e. The maximum Gasteiger partial charge on any atom is 0.0682 e. The third-order valence-corrected chi connectivity index (χ3v) is 1.92. The molecule has 1 heterocycles. The number of rotatable bonds is 1. The van der Waals surface area contributed by atoms with Gasteiger partial charge in [-0.1, -0.05) is 18.2 Å². The molecule has 2 N–H and O–H groups in total. The number of anilines is 1. The van der Waals surface area contributed by atoms with Crippen LogP contribution in [0.3, 0.4) is 0 Å². The van der Waals surface area contributed by atoms with E-state index in [-0.39, 0.29) is 6.61 Å². The van der Waals surface area contributed by atoms with Crippen molar-refractivity contribution in [3.8, 4) is 0 Å². The van der Waals surface area contributed by atoms with Gasteiger partial charge in [0.25, 0.3) is 0 Å². The number of nitrogens with zero attached hydrogens (tertiary/aromatic N) is 1. The maximum atomic E-state index is 8.93. The molecular weight excluding hydrogens is 164 g/mol. The van der Waals surface area contributed by atoms with E-state index in [1.165, 1.54) is 0 Å². The van der Waals surface area contributed by atoms with E-state index >= 15 is 0 Å². The number of aliphatic hydroxyl groups excluding tert-OH is 1. The predicted molar refractivity (Wildman–Crippen MR) is 53.5 cm³/mol. The van der Waals surface area contributed by atoms with Crippen LogP contribution in [0.25, 0.3) is 6.08 Å². The SMILES string of the molecule is OCc1ccc2c(c1)NN=CC=C2. The minimum absolute atomic E-state index is 0.0579. The fraction of sp³-hybridized carbons (Fsp3) is 0.100. The Balaban J connectivity index is 2.45. The summed E-state index contributed by atoms with van der Waals surface area (Å²) in [5.74, 6) is 0. The van der Waals surface area contributed by atoms with Gasteiger partial charge in [-0.3, -0.25) is 5.43 Å². The van der Waals surface area contributed by atoms with Crippen LogP contribution in [0.4, 0.5) is 5.69 Å². The molecule has 3 heteroatoms. The van der Waals surface area contributed by atoms with Gasteiger partial charge < -0.3 is 5.11 Å². The van der Waals surface area contributed by atoms with Gasteiger partial charge in [-0.15, -0.1) is 0 Å².